The minimum atomic E-state index is 0.342. The van der Waals surface area contributed by atoms with Crippen LogP contribution < -0.4 is 10.6 Å². The van der Waals surface area contributed by atoms with E-state index in [9.17, 15) is 0 Å². The molecule has 2 unspecified atom stereocenters. The van der Waals surface area contributed by atoms with Gasteiger partial charge < -0.3 is 10.6 Å². The van der Waals surface area contributed by atoms with Crippen molar-refractivity contribution in [1.82, 2.24) is 4.98 Å². The van der Waals surface area contributed by atoms with Crippen molar-refractivity contribution in [3.63, 3.8) is 0 Å². The third kappa shape index (κ3) is 1.95. The molecule has 3 nitrogen and oxygen atoms in total. The van der Waals surface area contributed by atoms with Gasteiger partial charge in [-0.05, 0) is 24.5 Å². The molecule has 2 N–H and O–H groups in total. The Morgan fingerprint density at radius 1 is 1.28 bits per heavy atom. The molecule has 0 spiro atoms. The van der Waals surface area contributed by atoms with E-state index in [1.165, 1.54) is 11.1 Å². The van der Waals surface area contributed by atoms with Crippen molar-refractivity contribution >= 4 is 16.6 Å². The van der Waals surface area contributed by atoms with Gasteiger partial charge in [-0.3, -0.25) is 4.98 Å². The molecule has 1 aromatic carbocycles. The summed E-state index contributed by atoms with van der Waals surface area (Å²) in [5.41, 5.74) is 8.45. The van der Waals surface area contributed by atoms with Gasteiger partial charge in [0, 0.05) is 36.4 Å². The first kappa shape index (κ1) is 11.5. The van der Waals surface area contributed by atoms with Gasteiger partial charge in [0.1, 0.15) is 0 Å². The van der Waals surface area contributed by atoms with Gasteiger partial charge in [0.2, 0.25) is 0 Å². The minimum Gasteiger partial charge on any atom is -0.371 e. The molecular weight excluding hydrogens is 222 g/mol. The lowest BCUT2D eigenvalue weighted by molar-refractivity contribution is 0.383. The van der Waals surface area contributed by atoms with Crippen molar-refractivity contribution < 1.29 is 0 Å². The summed E-state index contributed by atoms with van der Waals surface area (Å²) in [6.07, 6.45) is 2.97. The van der Waals surface area contributed by atoms with Crippen molar-refractivity contribution in [3.8, 4) is 0 Å². The smallest absolute Gasteiger partial charge is 0.0722 e. The average molecular weight is 241 g/mol. The Balaban J connectivity index is 1.99. The van der Waals surface area contributed by atoms with E-state index < -0.39 is 0 Å². The van der Waals surface area contributed by atoms with Crippen LogP contribution in [0.5, 0.6) is 0 Å². The van der Waals surface area contributed by atoms with Crippen LogP contribution in [0.25, 0.3) is 10.9 Å². The van der Waals surface area contributed by atoms with Crippen LogP contribution in [0, 0.1) is 5.92 Å². The van der Waals surface area contributed by atoms with Gasteiger partial charge in [0.25, 0.3) is 0 Å². The summed E-state index contributed by atoms with van der Waals surface area (Å²) in [6.45, 7) is 4.31. The number of nitrogens with two attached hydrogens (primary N) is 1. The number of anilines is 1. The number of fused-ring (bicyclic) bond motifs is 1. The molecule has 1 fully saturated rings. The summed E-state index contributed by atoms with van der Waals surface area (Å²) >= 11 is 0. The summed E-state index contributed by atoms with van der Waals surface area (Å²) in [5.74, 6) is 0.547. The van der Waals surface area contributed by atoms with E-state index in [1.54, 1.807) is 0 Å². The number of nitrogens with zero attached hydrogens (tertiary/aromatic N) is 2. The molecule has 0 aliphatic carbocycles. The fourth-order valence-corrected chi connectivity index (χ4v) is 2.74. The second-order valence-corrected chi connectivity index (χ2v) is 5.22. The van der Waals surface area contributed by atoms with Crippen molar-refractivity contribution in [2.75, 3.05) is 18.0 Å². The van der Waals surface area contributed by atoms with Crippen LogP contribution in [-0.2, 0) is 0 Å². The van der Waals surface area contributed by atoms with Crippen LogP contribution in [0.4, 0.5) is 5.69 Å². The van der Waals surface area contributed by atoms with Crippen LogP contribution >= 0.6 is 0 Å². The maximum Gasteiger partial charge on any atom is 0.0722 e. The fourth-order valence-electron chi connectivity index (χ4n) is 2.74. The Labute approximate surface area is 108 Å². The van der Waals surface area contributed by atoms with Crippen LogP contribution in [0.2, 0.25) is 0 Å². The van der Waals surface area contributed by atoms with Gasteiger partial charge in [0.15, 0.2) is 0 Å². The number of hydrogen-bond acceptors (Lipinski definition) is 3. The SMILES string of the molecule is CC1CN(c2ccnc3ccccc23)CCC1N. The first-order chi connectivity index (χ1) is 8.75. The van der Waals surface area contributed by atoms with E-state index in [0.29, 0.717) is 12.0 Å². The number of rotatable bonds is 1. The molecule has 1 aliphatic rings. The summed E-state index contributed by atoms with van der Waals surface area (Å²) in [7, 11) is 0. The van der Waals surface area contributed by atoms with Gasteiger partial charge in [-0.2, -0.15) is 0 Å². The number of piperidine rings is 1. The molecule has 94 valence electrons. The summed E-state index contributed by atoms with van der Waals surface area (Å²) in [4.78, 5) is 6.86. The topological polar surface area (TPSA) is 42.2 Å². The third-order valence-corrected chi connectivity index (χ3v) is 3.94. The highest BCUT2D eigenvalue weighted by Crippen LogP contribution is 2.28. The van der Waals surface area contributed by atoms with E-state index in [-0.39, 0.29) is 0 Å². The standard InChI is InChI=1S/C15H19N3/c1-11-10-18(9-7-13(11)16)15-6-8-17-14-5-3-2-4-12(14)15/h2-6,8,11,13H,7,9-10,16H2,1H3. The van der Waals surface area contributed by atoms with E-state index in [1.807, 2.05) is 12.3 Å². The lowest BCUT2D eigenvalue weighted by atomic mass is 9.94. The van der Waals surface area contributed by atoms with E-state index >= 15 is 0 Å². The lowest BCUT2D eigenvalue weighted by Gasteiger charge is -2.37. The molecule has 2 aromatic rings. The molecule has 2 heterocycles. The van der Waals surface area contributed by atoms with Crippen molar-refractivity contribution in [2.24, 2.45) is 11.7 Å². The molecule has 1 aliphatic heterocycles. The van der Waals surface area contributed by atoms with Crippen LogP contribution in [0.15, 0.2) is 36.5 Å². The molecule has 0 bridgehead atoms. The molecule has 3 heteroatoms. The highest BCUT2D eigenvalue weighted by atomic mass is 15.1. The van der Waals surface area contributed by atoms with Gasteiger partial charge in [0.05, 0.1) is 5.52 Å². The van der Waals surface area contributed by atoms with Gasteiger partial charge in [-0.15, -0.1) is 0 Å². The predicted octanol–water partition coefficient (Wildman–Crippen LogP) is 2.41. The van der Waals surface area contributed by atoms with Crippen molar-refractivity contribution in [2.45, 2.75) is 19.4 Å². The molecule has 3 rings (SSSR count). The highest BCUT2D eigenvalue weighted by molar-refractivity contribution is 5.91. The van der Waals surface area contributed by atoms with Crippen molar-refractivity contribution in [1.29, 1.82) is 0 Å². The normalized spacial score (nSPS) is 24.4. The Bertz CT molecular complexity index is 547. The lowest BCUT2D eigenvalue weighted by Crippen LogP contribution is -2.46. The predicted molar refractivity (Wildman–Crippen MR) is 75.7 cm³/mol. The van der Waals surface area contributed by atoms with Crippen LogP contribution in [0.3, 0.4) is 0 Å². The van der Waals surface area contributed by atoms with E-state index in [2.05, 4.69) is 41.1 Å². The number of para-hydroxylation sites is 1. The first-order valence-electron chi connectivity index (χ1n) is 6.60. The van der Waals surface area contributed by atoms with Gasteiger partial charge in [-0.25, -0.2) is 0 Å². The third-order valence-electron chi connectivity index (χ3n) is 3.94. The fraction of sp³-hybridized carbons (Fsp3) is 0.400. The Morgan fingerprint density at radius 3 is 2.94 bits per heavy atom. The number of hydrogen-bond donors (Lipinski definition) is 1. The Morgan fingerprint density at radius 2 is 2.11 bits per heavy atom. The number of pyridine rings is 1. The minimum absolute atomic E-state index is 0.342. The molecular formula is C15H19N3. The zero-order valence-electron chi connectivity index (χ0n) is 10.7. The quantitative estimate of drug-likeness (QED) is 0.833. The number of benzene rings is 1. The Kier molecular flexibility index (Phi) is 2.92. The molecule has 18 heavy (non-hydrogen) atoms. The van der Waals surface area contributed by atoms with Gasteiger partial charge >= 0.3 is 0 Å². The largest absolute Gasteiger partial charge is 0.371 e. The molecule has 0 radical (unpaired) electrons. The summed E-state index contributed by atoms with van der Waals surface area (Å²) < 4.78 is 0. The zero-order chi connectivity index (χ0) is 12.5. The van der Waals surface area contributed by atoms with E-state index in [0.717, 1.165) is 25.0 Å². The number of aromatic nitrogens is 1. The van der Waals surface area contributed by atoms with Gasteiger partial charge in [-0.1, -0.05) is 25.1 Å². The zero-order valence-corrected chi connectivity index (χ0v) is 10.7. The van der Waals surface area contributed by atoms with E-state index in [4.69, 9.17) is 5.73 Å². The molecule has 1 aromatic heterocycles. The van der Waals surface area contributed by atoms with Crippen LogP contribution in [-0.4, -0.2) is 24.1 Å². The first-order valence-corrected chi connectivity index (χ1v) is 6.60. The average Bonchev–Trinajstić information content (AvgIpc) is 2.41. The van der Waals surface area contributed by atoms with Crippen LogP contribution in [0.1, 0.15) is 13.3 Å². The maximum atomic E-state index is 6.09. The molecule has 2 atom stereocenters. The highest BCUT2D eigenvalue weighted by Gasteiger charge is 2.24. The maximum absolute atomic E-state index is 6.09. The molecule has 0 saturated carbocycles. The molecule has 1 saturated heterocycles. The summed E-state index contributed by atoms with van der Waals surface area (Å²) in [5, 5.41) is 1.24. The Hall–Kier alpha value is -1.61. The van der Waals surface area contributed by atoms with Crippen molar-refractivity contribution in [3.05, 3.63) is 36.5 Å². The second-order valence-electron chi connectivity index (χ2n) is 5.22. The molecule has 0 amide bonds. The monoisotopic (exact) mass is 241 g/mol. The second kappa shape index (κ2) is 4.58. The summed E-state index contributed by atoms with van der Waals surface area (Å²) in [6, 6.07) is 10.8.